The number of amides is 1. The second kappa shape index (κ2) is 11.2. The van der Waals surface area contributed by atoms with Crippen LogP contribution in [0.1, 0.15) is 45.2 Å². The van der Waals surface area contributed by atoms with Crippen LogP contribution in [0.15, 0.2) is 48.5 Å². The summed E-state index contributed by atoms with van der Waals surface area (Å²) in [6, 6.07) is 14.4. The Morgan fingerprint density at radius 2 is 1.58 bits per heavy atom. The fourth-order valence-corrected chi connectivity index (χ4v) is 4.52. The molecule has 2 aromatic carbocycles. The predicted octanol–water partition coefficient (Wildman–Crippen LogP) is 3.94. The zero-order valence-corrected chi connectivity index (χ0v) is 19.9. The van der Waals surface area contributed by atoms with Crippen molar-refractivity contribution in [2.24, 2.45) is 0 Å². The van der Waals surface area contributed by atoms with E-state index in [9.17, 15) is 13.2 Å². The van der Waals surface area contributed by atoms with E-state index in [4.69, 9.17) is 4.74 Å². The van der Waals surface area contributed by atoms with E-state index in [-0.39, 0.29) is 12.0 Å². The molecule has 170 valence electrons. The van der Waals surface area contributed by atoms with Gasteiger partial charge in [-0.3, -0.25) is 9.10 Å². The highest BCUT2D eigenvalue weighted by Gasteiger charge is 2.28. The first kappa shape index (κ1) is 24.7. The first-order valence-corrected chi connectivity index (χ1v) is 12.6. The number of aryl methyl sites for hydroxylation is 2. The van der Waals surface area contributed by atoms with Crippen molar-refractivity contribution in [2.75, 3.05) is 17.1 Å². The van der Waals surface area contributed by atoms with Crippen LogP contribution in [0.3, 0.4) is 0 Å². The monoisotopic (exact) mass is 446 g/mol. The van der Waals surface area contributed by atoms with Crippen molar-refractivity contribution in [3.05, 3.63) is 59.7 Å². The van der Waals surface area contributed by atoms with E-state index in [1.165, 1.54) is 4.31 Å². The third kappa shape index (κ3) is 7.58. The van der Waals surface area contributed by atoms with Crippen LogP contribution < -0.4 is 14.4 Å². The maximum absolute atomic E-state index is 12.7. The summed E-state index contributed by atoms with van der Waals surface area (Å²) >= 11 is 0. The molecule has 0 unspecified atom stereocenters. The van der Waals surface area contributed by atoms with Crippen LogP contribution in [-0.4, -0.2) is 39.3 Å². The summed E-state index contributed by atoms with van der Waals surface area (Å²) in [5.41, 5.74) is 2.76. The Bertz CT molecular complexity index is 939. The van der Waals surface area contributed by atoms with Gasteiger partial charge in [0.2, 0.25) is 15.9 Å². The summed E-state index contributed by atoms with van der Waals surface area (Å²) in [5, 5.41) is 2.87. The number of hydrogen-bond donors (Lipinski definition) is 1. The second-order valence-electron chi connectivity index (χ2n) is 7.96. The maximum atomic E-state index is 12.7. The lowest BCUT2D eigenvalue weighted by atomic mass is 10.1. The summed E-state index contributed by atoms with van der Waals surface area (Å²) < 4.78 is 31.6. The van der Waals surface area contributed by atoms with E-state index in [1.54, 1.807) is 19.1 Å². The molecule has 0 saturated carbocycles. The van der Waals surface area contributed by atoms with Gasteiger partial charge >= 0.3 is 0 Å². The minimum absolute atomic E-state index is 0.138. The molecule has 6 nitrogen and oxygen atoms in total. The minimum atomic E-state index is -3.61. The first-order chi connectivity index (χ1) is 14.6. The summed E-state index contributed by atoms with van der Waals surface area (Å²) in [6.45, 7) is 8.09. The number of hydrogen-bond acceptors (Lipinski definition) is 4. The largest absolute Gasteiger partial charge is 0.491 e. The highest BCUT2D eigenvalue weighted by Crippen LogP contribution is 2.22. The van der Waals surface area contributed by atoms with Crippen LogP contribution in [0.5, 0.6) is 5.75 Å². The number of nitrogens with one attached hydrogen (secondary N) is 1. The molecule has 0 aliphatic rings. The van der Waals surface area contributed by atoms with Gasteiger partial charge in [-0.05, 0) is 75.4 Å². The Hall–Kier alpha value is -2.54. The van der Waals surface area contributed by atoms with Gasteiger partial charge in [0.15, 0.2) is 0 Å². The van der Waals surface area contributed by atoms with Crippen LogP contribution >= 0.6 is 0 Å². The molecule has 1 atom stereocenters. The van der Waals surface area contributed by atoms with Gasteiger partial charge in [-0.25, -0.2) is 8.42 Å². The SMILES string of the molecule is CCc1ccc(N([C@H](C)C(=O)NCCCc2ccc(OC(C)C)cc2)S(C)(=O)=O)cc1. The van der Waals surface area contributed by atoms with Crippen molar-refractivity contribution in [1.29, 1.82) is 0 Å². The van der Waals surface area contributed by atoms with Gasteiger partial charge in [-0.15, -0.1) is 0 Å². The van der Waals surface area contributed by atoms with Gasteiger partial charge in [0.1, 0.15) is 11.8 Å². The Labute approximate surface area is 186 Å². The lowest BCUT2D eigenvalue weighted by Crippen LogP contribution is -2.48. The summed E-state index contributed by atoms with van der Waals surface area (Å²) in [6.07, 6.45) is 3.69. The van der Waals surface area contributed by atoms with Gasteiger partial charge < -0.3 is 10.1 Å². The summed E-state index contributed by atoms with van der Waals surface area (Å²) in [5.74, 6) is 0.527. The minimum Gasteiger partial charge on any atom is -0.491 e. The molecule has 0 radical (unpaired) electrons. The topological polar surface area (TPSA) is 75.7 Å². The smallest absolute Gasteiger partial charge is 0.243 e. The predicted molar refractivity (Wildman–Crippen MR) is 126 cm³/mol. The fourth-order valence-electron chi connectivity index (χ4n) is 3.35. The number of rotatable bonds is 11. The number of sulfonamides is 1. The quantitative estimate of drug-likeness (QED) is 0.531. The molecule has 2 rings (SSSR count). The molecule has 1 N–H and O–H groups in total. The molecule has 0 aliphatic heterocycles. The van der Waals surface area contributed by atoms with E-state index < -0.39 is 16.1 Å². The molecule has 0 bridgehead atoms. The zero-order valence-electron chi connectivity index (χ0n) is 19.1. The van der Waals surface area contributed by atoms with E-state index in [1.807, 2.05) is 57.2 Å². The molecule has 0 spiro atoms. The molecule has 7 heteroatoms. The Morgan fingerprint density at radius 1 is 1.00 bits per heavy atom. The molecule has 0 heterocycles. The molecule has 0 fully saturated rings. The number of ether oxygens (including phenoxy) is 1. The lowest BCUT2D eigenvalue weighted by Gasteiger charge is -2.28. The Kier molecular flexibility index (Phi) is 8.92. The lowest BCUT2D eigenvalue weighted by molar-refractivity contribution is -0.121. The molecular weight excluding hydrogens is 412 g/mol. The molecule has 0 aromatic heterocycles. The van der Waals surface area contributed by atoms with Crippen molar-refractivity contribution in [3.63, 3.8) is 0 Å². The molecule has 1 amide bonds. The van der Waals surface area contributed by atoms with Gasteiger partial charge in [0.05, 0.1) is 18.0 Å². The fraction of sp³-hybridized carbons (Fsp3) is 0.458. The zero-order chi connectivity index (χ0) is 23.0. The second-order valence-corrected chi connectivity index (χ2v) is 9.82. The number of nitrogens with zero attached hydrogens (tertiary/aromatic N) is 1. The van der Waals surface area contributed by atoms with Crippen molar-refractivity contribution in [2.45, 2.75) is 59.1 Å². The van der Waals surface area contributed by atoms with Crippen LogP contribution in [0, 0.1) is 0 Å². The third-order valence-electron chi connectivity index (χ3n) is 4.92. The Balaban J connectivity index is 1.91. The van der Waals surface area contributed by atoms with Crippen molar-refractivity contribution >= 4 is 21.6 Å². The third-order valence-corrected chi connectivity index (χ3v) is 6.17. The molecule has 0 aliphatic carbocycles. The Morgan fingerprint density at radius 3 is 2.10 bits per heavy atom. The average Bonchev–Trinajstić information content (AvgIpc) is 2.71. The van der Waals surface area contributed by atoms with Crippen LogP contribution in [0.25, 0.3) is 0 Å². The molecule has 2 aromatic rings. The maximum Gasteiger partial charge on any atom is 0.243 e. The number of carbonyl (C=O) groups excluding carboxylic acids is 1. The van der Waals surface area contributed by atoms with Crippen molar-refractivity contribution < 1.29 is 17.9 Å². The summed E-state index contributed by atoms with van der Waals surface area (Å²) in [7, 11) is -3.61. The average molecular weight is 447 g/mol. The van der Waals surface area contributed by atoms with Crippen molar-refractivity contribution in [1.82, 2.24) is 5.32 Å². The number of carbonyl (C=O) groups is 1. The highest BCUT2D eigenvalue weighted by atomic mass is 32.2. The number of anilines is 1. The standard InChI is InChI=1S/C24H34N2O4S/c1-6-20-9-13-22(14-10-20)26(31(5,28)29)19(4)24(27)25-17-7-8-21-11-15-23(16-12-21)30-18(2)3/h9-16,18-19H,6-8,17H2,1-5H3,(H,25,27)/t19-/m1/s1. The van der Waals surface area contributed by atoms with Crippen LogP contribution in [-0.2, 0) is 27.7 Å². The van der Waals surface area contributed by atoms with Crippen LogP contribution in [0.4, 0.5) is 5.69 Å². The van der Waals surface area contributed by atoms with E-state index in [2.05, 4.69) is 5.32 Å². The first-order valence-electron chi connectivity index (χ1n) is 10.7. The summed E-state index contributed by atoms with van der Waals surface area (Å²) in [4.78, 5) is 12.7. The van der Waals surface area contributed by atoms with Gasteiger partial charge in [0.25, 0.3) is 0 Å². The van der Waals surface area contributed by atoms with Crippen LogP contribution in [0.2, 0.25) is 0 Å². The van der Waals surface area contributed by atoms with Gasteiger partial charge in [0, 0.05) is 6.54 Å². The van der Waals surface area contributed by atoms with Gasteiger partial charge in [-0.2, -0.15) is 0 Å². The van der Waals surface area contributed by atoms with E-state index in [0.717, 1.165) is 42.4 Å². The normalized spacial score (nSPS) is 12.5. The van der Waals surface area contributed by atoms with E-state index >= 15 is 0 Å². The molecular formula is C24H34N2O4S. The highest BCUT2D eigenvalue weighted by molar-refractivity contribution is 7.92. The molecule has 31 heavy (non-hydrogen) atoms. The van der Waals surface area contributed by atoms with E-state index in [0.29, 0.717) is 12.2 Å². The van der Waals surface area contributed by atoms with Gasteiger partial charge in [-0.1, -0.05) is 31.2 Å². The molecule has 0 saturated heterocycles. The number of benzene rings is 2. The van der Waals surface area contributed by atoms with Crippen molar-refractivity contribution in [3.8, 4) is 5.75 Å².